The first kappa shape index (κ1) is 20.2. The van der Waals surface area contributed by atoms with Crippen molar-refractivity contribution in [1.29, 1.82) is 0 Å². The second-order valence-corrected chi connectivity index (χ2v) is 8.60. The van der Waals surface area contributed by atoms with E-state index in [1.165, 1.54) is 17.0 Å². The third-order valence-corrected chi connectivity index (χ3v) is 5.71. The maximum atomic E-state index is 12.8. The van der Waals surface area contributed by atoms with Crippen LogP contribution >= 0.6 is 0 Å². The summed E-state index contributed by atoms with van der Waals surface area (Å²) in [5, 5.41) is 2.09. The number of sulfone groups is 1. The summed E-state index contributed by atoms with van der Waals surface area (Å²) < 4.78 is 25.0. The molecule has 0 aromatic heterocycles. The molecule has 0 aliphatic heterocycles. The van der Waals surface area contributed by atoms with Crippen LogP contribution < -0.4 is 5.32 Å². The van der Waals surface area contributed by atoms with Gasteiger partial charge in [-0.2, -0.15) is 0 Å². The first-order valence-electron chi connectivity index (χ1n) is 8.02. The Morgan fingerprint density at radius 3 is 2.21 bits per heavy atom. The Bertz CT molecular complexity index is 696. The van der Waals surface area contributed by atoms with Crippen molar-refractivity contribution in [3.8, 4) is 0 Å². The lowest BCUT2D eigenvalue weighted by molar-refractivity contribution is -0.122. The molecule has 0 unspecified atom stereocenters. The molecule has 2 amide bonds. The molecular weight excluding hydrogens is 328 g/mol. The highest BCUT2D eigenvalue weighted by Gasteiger charge is 2.27. The summed E-state index contributed by atoms with van der Waals surface area (Å²) in [5.74, 6) is -0.736. The Labute approximate surface area is 144 Å². The van der Waals surface area contributed by atoms with Crippen molar-refractivity contribution in [2.24, 2.45) is 0 Å². The number of benzene rings is 1. The van der Waals surface area contributed by atoms with Crippen molar-refractivity contribution >= 4 is 21.7 Å². The summed E-state index contributed by atoms with van der Waals surface area (Å²) in [6.07, 6.45) is 0. The predicted molar refractivity (Wildman–Crippen MR) is 93.6 cm³/mol. The summed E-state index contributed by atoms with van der Waals surface area (Å²) >= 11 is 0. The van der Waals surface area contributed by atoms with Crippen LogP contribution in [0.25, 0.3) is 0 Å². The zero-order valence-corrected chi connectivity index (χ0v) is 15.7. The predicted octanol–water partition coefficient (Wildman–Crippen LogP) is 1.86. The second-order valence-electron chi connectivity index (χ2n) is 6.13. The third kappa shape index (κ3) is 4.80. The van der Waals surface area contributed by atoms with Crippen LogP contribution in [0.3, 0.4) is 0 Å². The molecule has 6 nitrogen and oxygen atoms in total. The van der Waals surface area contributed by atoms with Crippen LogP contribution in [0, 0.1) is 0 Å². The summed E-state index contributed by atoms with van der Waals surface area (Å²) in [6.45, 7) is 8.76. The minimum atomic E-state index is -3.59. The fourth-order valence-corrected chi connectivity index (χ4v) is 3.42. The lowest BCUT2D eigenvalue weighted by Gasteiger charge is -2.22. The van der Waals surface area contributed by atoms with E-state index in [2.05, 4.69) is 5.32 Å². The zero-order chi connectivity index (χ0) is 18.5. The van der Waals surface area contributed by atoms with Crippen molar-refractivity contribution in [2.45, 2.75) is 50.8 Å². The fourth-order valence-electron chi connectivity index (χ4n) is 2.18. The van der Waals surface area contributed by atoms with E-state index in [0.29, 0.717) is 6.54 Å². The number of nitrogens with zero attached hydrogens (tertiary/aromatic N) is 1. The lowest BCUT2D eigenvalue weighted by atomic mass is 10.2. The summed E-state index contributed by atoms with van der Waals surface area (Å²) in [4.78, 5) is 26.0. The normalized spacial score (nSPS) is 11.6. The Kier molecular flexibility index (Phi) is 6.95. The van der Waals surface area contributed by atoms with Gasteiger partial charge >= 0.3 is 0 Å². The van der Waals surface area contributed by atoms with E-state index in [9.17, 15) is 18.0 Å². The van der Waals surface area contributed by atoms with Gasteiger partial charge in [-0.05, 0) is 46.8 Å². The number of hydrogen-bond donors (Lipinski definition) is 1. The molecule has 0 spiro atoms. The van der Waals surface area contributed by atoms with Crippen LogP contribution in [-0.2, 0) is 14.6 Å². The monoisotopic (exact) mass is 354 g/mol. The number of likely N-dealkylation sites (N-methyl/N-ethyl adjacent to an activating group) is 1. The van der Waals surface area contributed by atoms with Gasteiger partial charge in [-0.1, -0.05) is 12.1 Å². The van der Waals surface area contributed by atoms with Gasteiger partial charge in [0.05, 0.1) is 22.3 Å². The van der Waals surface area contributed by atoms with Crippen molar-refractivity contribution < 1.29 is 18.0 Å². The molecule has 0 saturated heterocycles. The number of rotatable bonds is 7. The molecule has 0 saturated carbocycles. The molecule has 0 fully saturated rings. The van der Waals surface area contributed by atoms with Crippen LogP contribution in [0.2, 0.25) is 0 Å². The minimum absolute atomic E-state index is 0.00715. The van der Waals surface area contributed by atoms with Crippen LogP contribution in [0.15, 0.2) is 29.2 Å². The molecule has 0 aliphatic rings. The average molecular weight is 354 g/mol. The van der Waals surface area contributed by atoms with Crippen LogP contribution in [-0.4, -0.2) is 49.5 Å². The zero-order valence-electron chi connectivity index (χ0n) is 14.9. The molecule has 1 aromatic rings. The van der Waals surface area contributed by atoms with Gasteiger partial charge in [0.2, 0.25) is 5.91 Å². The Hall–Kier alpha value is -1.89. The van der Waals surface area contributed by atoms with E-state index < -0.39 is 21.0 Å². The Balaban J connectivity index is 3.16. The van der Waals surface area contributed by atoms with Gasteiger partial charge in [0, 0.05) is 12.6 Å². The Morgan fingerprint density at radius 1 is 1.12 bits per heavy atom. The van der Waals surface area contributed by atoms with Crippen LogP contribution in [0.4, 0.5) is 0 Å². The molecule has 0 bridgehead atoms. The maximum Gasteiger partial charge on any atom is 0.255 e. The highest BCUT2D eigenvalue weighted by Crippen LogP contribution is 2.22. The Morgan fingerprint density at radius 2 is 1.71 bits per heavy atom. The quantitative estimate of drug-likeness (QED) is 0.810. The van der Waals surface area contributed by atoms with Crippen LogP contribution in [0.5, 0.6) is 0 Å². The molecule has 1 N–H and O–H groups in total. The van der Waals surface area contributed by atoms with Crippen molar-refractivity contribution in [1.82, 2.24) is 10.2 Å². The fraction of sp³-hybridized carbons (Fsp3) is 0.529. The largest absolute Gasteiger partial charge is 0.352 e. The topological polar surface area (TPSA) is 83.6 Å². The maximum absolute atomic E-state index is 12.8. The summed E-state index contributed by atoms with van der Waals surface area (Å²) in [7, 11) is -3.59. The number of hydrogen-bond acceptors (Lipinski definition) is 4. The van der Waals surface area contributed by atoms with E-state index in [1.54, 1.807) is 32.9 Å². The van der Waals surface area contributed by atoms with Crippen molar-refractivity contribution in [2.75, 3.05) is 13.1 Å². The third-order valence-electron chi connectivity index (χ3n) is 3.50. The molecule has 0 aliphatic carbocycles. The summed E-state index contributed by atoms with van der Waals surface area (Å²) in [5.41, 5.74) is 0.102. The number of amides is 2. The summed E-state index contributed by atoms with van der Waals surface area (Å²) in [6, 6.07) is 6.10. The number of carbonyl (C=O) groups excluding carboxylic acids is 2. The van der Waals surface area contributed by atoms with Gasteiger partial charge in [-0.3, -0.25) is 9.59 Å². The number of nitrogens with one attached hydrogen (secondary N) is 1. The van der Waals surface area contributed by atoms with Gasteiger partial charge in [0.25, 0.3) is 5.91 Å². The molecule has 0 radical (unpaired) electrons. The molecular formula is C17H26N2O4S. The smallest absolute Gasteiger partial charge is 0.255 e. The van der Waals surface area contributed by atoms with Gasteiger partial charge in [0.15, 0.2) is 9.84 Å². The number of carbonyl (C=O) groups is 2. The highest BCUT2D eigenvalue weighted by molar-refractivity contribution is 7.92. The molecule has 134 valence electrons. The minimum Gasteiger partial charge on any atom is -0.352 e. The lowest BCUT2D eigenvalue weighted by Crippen LogP contribution is -2.43. The van der Waals surface area contributed by atoms with Gasteiger partial charge in [-0.15, -0.1) is 0 Å². The van der Waals surface area contributed by atoms with E-state index in [4.69, 9.17) is 0 Å². The molecule has 7 heteroatoms. The second kappa shape index (κ2) is 8.28. The first-order chi connectivity index (χ1) is 11.1. The van der Waals surface area contributed by atoms with Crippen molar-refractivity contribution in [3.05, 3.63) is 29.8 Å². The molecule has 0 heterocycles. The van der Waals surface area contributed by atoms with Crippen LogP contribution in [0.1, 0.15) is 45.0 Å². The first-order valence-corrected chi connectivity index (χ1v) is 9.57. The van der Waals surface area contributed by atoms with Gasteiger partial charge < -0.3 is 10.2 Å². The van der Waals surface area contributed by atoms with Crippen molar-refractivity contribution in [3.63, 3.8) is 0 Å². The molecule has 1 aromatic carbocycles. The van der Waals surface area contributed by atoms with E-state index in [0.717, 1.165) is 0 Å². The SMILES string of the molecule is CCN(CC(=O)NC(C)C)C(=O)c1ccccc1S(=O)(=O)C(C)C. The molecule has 0 atom stereocenters. The van der Waals surface area contributed by atoms with Gasteiger partial charge in [0.1, 0.15) is 0 Å². The molecule has 24 heavy (non-hydrogen) atoms. The van der Waals surface area contributed by atoms with E-state index in [1.807, 2.05) is 13.8 Å². The van der Waals surface area contributed by atoms with E-state index >= 15 is 0 Å². The highest BCUT2D eigenvalue weighted by atomic mass is 32.2. The average Bonchev–Trinajstić information content (AvgIpc) is 2.51. The van der Waals surface area contributed by atoms with E-state index in [-0.39, 0.29) is 29.0 Å². The standard InChI is InChI=1S/C17H26N2O4S/c1-6-19(11-16(20)18-12(2)3)17(21)14-9-7-8-10-15(14)24(22,23)13(4)5/h7-10,12-13H,6,11H2,1-5H3,(H,18,20). The molecule has 1 rings (SSSR count). The van der Waals surface area contributed by atoms with Gasteiger partial charge in [-0.25, -0.2) is 8.42 Å².